The minimum absolute atomic E-state index is 0.0447. The first kappa shape index (κ1) is 22.7. The van der Waals surface area contributed by atoms with Gasteiger partial charge in [-0.25, -0.2) is 9.67 Å². The highest BCUT2D eigenvalue weighted by Crippen LogP contribution is 2.27. The lowest BCUT2D eigenvalue weighted by Crippen LogP contribution is -2.38. The van der Waals surface area contributed by atoms with Crippen molar-refractivity contribution >= 4 is 34.4 Å². The summed E-state index contributed by atoms with van der Waals surface area (Å²) in [5.41, 5.74) is 1.35. The predicted molar refractivity (Wildman–Crippen MR) is 127 cm³/mol. The molecular weight excluding hydrogens is 474 g/mol. The Bertz CT molecular complexity index is 1470. The van der Waals surface area contributed by atoms with Crippen LogP contribution in [0, 0.1) is 10.1 Å². The lowest BCUT2D eigenvalue weighted by Gasteiger charge is -2.31. The van der Waals surface area contributed by atoms with Crippen LogP contribution in [0.4, 0.5) is 5.69 Å². The van der Waals surface area contributed by atoms with Gasteiger partial charge < -0.3 is 9.88 Å². The van der Waals surface area contributed by atoms with E-state index >= 15 is 0 Å². The largest absolute Gasteiger partial charge is 0.339 e. The van der Waals surface area contributed by atoms with Gasteiger partial charge in [-0.05, 0) is 36.6 Å². The number of nitro benzene ring substituents is 1. The standard InChI is InChI=1S/C23H20ClN7O4/c24-18-4-2-1-3-16(18)13-30-21-19(27-28-30)22(32)26-20(25-21)14-9-11-29(12-10-14)23(33)15-5-7-17(8-6-15)31(34)35/h1-8,14H,9-13H2,(H,25,26,32). The lowest BCUT2D eigenvalue weighted by molar-refractivity contribution is -0.384. The summed E-state index contributed by atoms with van der Waals surface area (Å²) in [7, 11) is 0. The number of likely N-dealkylation sites (tertiary alicyclic amines) is 1. The summed E-state index contributed by atoms with van der Waals surface area (Å²) >= 11 is 6.27. The highest BCUT2D eigenvalue weighted by Gasteiger charge is 2.27. The van der Waals surface area contributed by atoms with Crippen molar-refractivity contribution in [1.82, 2.24) is 29.9 Å². The number of hydrogen-bond donors (Lipinski definition) is 1. The predicted octanol–water partition coefficient (Wildman–Crippen LogP) is 3.14. The number of rotatable bonds is 5. The van der Waals surface area contributed by atoms with E-state index in [0.717, 1.165) is 5.56 Å². The number of nitrogens with zero attached hydrogens (tertiary/aromatic N) is 6. The van der Waals surface area contributed by atoms with E-state index in [1.54, 1.807) is 15.6 Å². The monoisotopic (exact) mass is 493 g/mol. The zero-order valence-corrected chi connectivity index (χ0v) is 19.2. The second-order valence-corrected chi connectivity index (χ2v) is 8.74. The molecule has 0 spiro atoms. The van der Waals surface area contributed by atoms with Gasteiger partial charge in [0, 0.05) is 41.7 Å². The first-order valence-electron chi connectivity index (χ1n) is 11.0. The van der Waals surface area contributed by atoms with Gasteiger partial charge in [-0.3, -0.25) is 19.7 Å². The molecular formula is C23H20ClN7O4. The lowest BCUT2D eigenvalue weighted by atomic mass is 9.95. The normalized spacial score (nSPS) is 14.4. The van der Waals surface area contributed by atoms with Crippen molar-refractivity contribution in [3.63, 3.8) is 0 Å². The molecule has 35 heavy (non-hydrogen) atoms. The minimum Gasteiger partial charge on any atom is -0.339 e. The van der Waals surface area contributed by atoms with Gasteiger partial charge in [0.15, 0.2) is 11.2 Å². The quantitative estimate of drug-likeness (QED) is 0.332. The van der Waals surface area contributed by atoms with Crippen LogP contribution < -0.4 is 5.56 Å². The van der Waals surface area contributed by atoms with E-state index in [0.29, 0.717) is 54.5 Å². The van der Waals surface area contributed by atoms with E-state index in [4.69, 9.17) is 11.6 Å². The number of halogens is 1. The summed E-state index contributed by atoms with van der Waals surface area (Å²) < 4.78 is 1.56. The van der Waals surface area contributed by atoms with Crippen molar-refractivity contribution in [2.75, 3.05) is 13.1 Å². The number of piperidine rings is 1. The molecule has 0 radical (unpaired) electrons. The molecule has 0 atom stereocenters. The van der Waals surface area contributed by atoms with Crippen LogP contribution in [-0.4, -0.2) is 53.8 Å². The molecule has 4 aromatic rings. The third-order valence-electron chi connectivity index (χ3n) is 6.16. The summed E-state index contributed by atoms with van der Waals surface area (Å²) in [5, 5.41) is 19.5. The molecule has 2 aromatic heterocycles. The van der Waals surface area contributed by atoms with Gasteiger partial charge in [0.2, 0.25) is 0 Å². The maximum atomic E-state index is 12.8. The number of carbonyl (C=O) groups is 1. The van der Waals surface area contributed by atoms with Gasteiger partial charge in [-0.15, -0.1) is 5.10 Å². The summed E-state index contributed by atoms with van der Waals surface area (Å²) in [5.74, 6) is 0.307. The molecule has 1 aliphatic rings. The van der Waals surface area contributed by atoms with Gasteiger partial charge in [-0.1, -0.05) is 35.0 Å². The average molecular weight is 494 g/mol. The molecule has 1 fully saturated rings. The van der Waals surface area contributed by atoms with Crippen molar-refractivity contribution in [1.29, 1.82) is 0 Å². The van der Waals surface area contributed by atoms with Crippen LogP contribution in [-0.2, 0) is 6.54 Å². The number of nitro groups is 1. The van der Waals surface area contributed by atoms with Crippen molar-refractivity contribution < 1.29 is 9.72 Å². The highest BCUT2D eigenvalue weighted by molar-refractivity contribution is 6.31. The SMILES string of the molecule is O=C(c1ccc([N+](=O)[O-])cc1)N1CCC(c2nc3c(nnn3Cc3ccccc3Cl)c(=O)[nH]2)CC1. The summed E-state index contributed by atoms with van der Waals surface area (Å²) in [4.78, 5) is 45.0. The number of nitrogens with one attached hydrogen (secondary N) is 1. The number of H-pyrrole nitrogens is 1. The zero-order valence-electron chi connectivity index (χ0n) is 18.4. The molecule has 178 valence electrons. The molecule has 12 heteroatoms. The molecule has 2 aromatic carbocycles. The zero-order chi connectivity index (χ0) is 24.5. The van der Waals surface area contributed by atoms with E-state index in [-0.39, 0.29) is 28.6 Å². The molecule has 1 saturated heterocycles. The number of amides is 1. The van der Waals surface area contributed by atoms with Crippen LogP contribution in [0.1, 0.15) is 40.5 Å². The van der Waals surface area contributed by atoms with Crippen LogP contribution in [0.3, 0.4) is 0 Å². The van der Waals surface area contributed by atoms with Crippen LogP contribution >= 0.6 is 11.6 Å². The van der Waals surface area contributed by atoms with Crippen molar-refractivity contribution in [3.8, 4) is 0 Å². The fraction of sp³-hybridized carbons (Fsp3) is 0.261. The summed E-state index contributed by atoms with van der Waals surface area (Å²) in [6.45, 7) is 1.27. The molecule has 3 heterocycles. The Kier molecular flexibility index (Phi) is 6.00. The third-order valence-corrected chi connectivity index (χ3v) is 6.53. The van der Waals surface area contributed by atoms with Gasteiger partial charge >= 0.3 is 0 Å². The molecule has 1 aliphatic heterocycles. The van der Waals surface area contributed by atoms with Crippen LogP contribution in [0.2, 0.25) is 5.02 Å². The summed E-state index contributed by atoms with van der Waals surface area (Å²) in [6, 6.07) is 12.9. The van der Waals surface area contributed by atoms with E-state index in [2.05, 4.69) is 20.3 Å². The number of aromatic amines is 1. The highest BCUT2D eigenvalue weighted by atomic mass is 35.5. The van der Waals surface area contributed by atoms with Crippen LogP contribution in [0.5, 0.6) is 0 Å². The Labute approximate surface area is 203 Å². The number of fused-ring (bicyclic) bond motifs is 1. The maximum absolute atomic E-state index is 12.8. The van der Waals surface area contributed by atoms with Gasteiger partial charge in [0.05, 0.1) is 11.5 Å². The van der Waals surface area contributed by atoms with Gasteiger partial charge in [0.1, 0.15) is 5.82 Å². The van der Waals surface area contributed by atoms with Crippen molar-refractivity contribution in [2.45, 2.75) is 25.3 Å². The van der Waals surface area contributed by atoms with E-state index in [1.807, 2.05) is 18.2 Å². The van der Waals surface area contributed by atoms with E-state index in [9.17, 15) is 19.7 Å². The fourth-order valence-corrected chi connectivity index (χ4v) is 4.43. The average Bonchev–Trinajstić information content (AvgIpc) is 3.28. The molecule has 1 amide bonds. The van der Waals surface area contributed by atoms with Gasteiger partial charge in [-0.2, -0.15) is 0 Å². The number of benzene rings is 2. The fourth-order valence-electron chi connectivity index (χ4n) is 4.24. The molecule has 5 rings (SSSR count). The number of non-ortho nitro benzene ring substituents is 1. The number of aromatic nitrogens is 5. The van der Waals surface area contributed by atoms with E-state index in [1.165, 1.54) is 24.3 Å². The van der Waals surface area contributed by atoms with Gasteiger partial charge in [0.25, 0.3) is 17.2 Å². The second-order valence-electron chi connectivity index (χ2n) is 8.33. The smallest absolute Gasteiger partial charge is 0.281 e. The molecule has 0 aliphatic carbocycles. The maximum Gasteiger partial charge on any atom is 0.281 e. The summed E-state index contributed by atoms with van der Waals surface area (Å²) in [6.07, 6.45) is 1.22. The molecule has 0 unspecified atom stereocenters. The molecule has 0 saturated carbocycles. The third kappa shape index (κ3) is 4.50. The first-order chi connectivity index (χ1) is 16.9. The van der Waals surface area contributed by atoms with Crippen molar-refractivity contribution in [2.24, 2.45) is 0 Å². The van der Waals surface area contributed by atoms with Crippen LogP contribution in [0.15, 0.2) is 53.3 Å². The number of carbonyl (C=O) groups excluding carboxylic acids is 1. The Hall–Kier alpha value is -4.12. The second kappa shape index (κ2) is 9.26. The minimum atomic E-state index is -0.500. The Balaban J connectivity index is 1.32. The topological polar surface area (TPSA) is 140 Å². The Morgan fingerprint density at radius 3 is 2.54 bits per heavy atom. The van der Waals surface area contributed by atoms with Crippen LogP contribution in [0.25, 0.3) is 11.2 Å². The van der Waals surface area contributed by atoms with E-state index < -0.39 is 4.92 Å². The number of hydrogen-bond acceptors (Lipinski definition) is 7. The molecule has 0 bridgehead atoms. The Morgan fingerprint density at radius 2 is 1.86 bits per heavy atom. The Morgan fingerprint density at radius 1 is 1.14 bits per heavy atom. The molecule has 1 N–H and O–H groups in total. The first-order valence-corrected chi connectivity index (χ1v) is 11.4. The van der Waals surface area contributed by atoms with Crippen molar-refractivity contribution in [3.05, 3.63) is 91.0 Å². The molecule has 11 nitrogen and oxygen atoms in total.